The highest BCUT2D eigenvalue weighted by Gasteiger charge is 2.35. The molecule has 0 atom stereocenters. The Hall–Kier alpha value is -1.30. The van der Waals surface area contributed by atoms with E-state index in [1.165, 1.54) is 12.3 Å². The SMILES string of the molecule is OC1(CNc2ncccc2C(F)(F)F)CCCCC1. The van der Waals surface area contributed by atoms with Crippen LogP contribution >= 0.6 is 0 Å². The second-order valence-electron chi connectivity index (χ2n) is 5.04. The third-order valence-electron chi connectivity index (χ3n) is 3.48. The minimum atomic E-state index is -4.44. The standard InChI is InChI=1S/C13H17F3N2O/c14-13(15,16)10-5-4-8-17-11(10)18-9-12(19)6-2-1-3-7-12/h4-5,8,19H,1-3,6-7,9H2,(H,17,18). The Morgan fingerprint density at radius 2 is 1.95 bits per heavy atom. The van der Waals surface area contributed by atoms with Gasteiger partial charge in [-0.05, 0) is 25.0 Å². The van der Waals surface area contributed by atoms with Crippen LogP contribution in [0.15, 0.2) is 18.3 Å². The van der Waals surface area contributed by atoms with Crippen molar-refractivity contribution >= 4 is 5.82 Å². The number of alkyl halides is 3. The lowest BCUT2D eigenvalue weighted by Crippen LogP contribution is -2.39. The molecular formula is C13H17F3N2O. The van der Waals surface area contributed by atoms with Crippen molar-refractivity contribution < 1.29 is 18.3 Å². The van der Waals surface area contributed by atoms with Gasteiger partial charge in [-0.3, -0.25) is 0 Å². The Morgan fingerprint density at radius 1 is 1.26 bits per heavy atom. The van der Waals surface area contributed by atoms with Gasteiger partial charge in [-0.25, -0.2) is 4.98 Å². The van der Waals surface area contributed by atoms with Gasteiger partial charge in [-0.15, -0.1) is 0 Å². The molecule has 0 saturated heterocycles. The van der Waals surface area contributed by atoms with Gasteiger partial charge < -0.3 is 10.4 Å². The largest absolute Gasteiger partial charge is 0.419 e. The van der Waals surface area contributed by atoms with Crippen LogP contribution in [0.3, 0.4) is 0 Å². The van der Waals surface area contributed by atoms with E-state index in [4.69, 9.17) is 0 Å². The van der Waals surface area contributed by atoms with Crippen LogP contribution in [0.25, 0.3) is 0 Å². The molecule has 1 saturated carbocycles. The number of halogens is 3. The van der Waals surface area contributed by atoms with Gasteiger partial charge in [0, 0.05) is 12.7 Å². The van der Waals surface area contributed by atoms with Crippen molar-refractivity contribution in [2.24, 2.45) is 0 Å². The summed E-state index contributed by atoms with van der Waals surface area (Å²) in [5.74, 6) is -0.214. The van der Waals surface area contributed by atoms with Crippen LogP contribution in [0.1, 0.15) is 37.7 Å². The van der Waals surface area contributed by atoms with Crippen molar-refractivity contribution in [2.75, 3.05) is 11.9 Å². The molecule has 0 bridgehead atoms. The Bertz CT molecular complexity index is 428. The third-order valence-corrected chi connectivity index (χ3v) is 3.48. The molecule has 0 aliphatic heterocycles. The maximum absolute atomic E-state index is 12.8. The fraction of sp³-hybridized carbons (Fsp3) is 0.615. The number of nitrogens with one attached hydrogen (secondary N) is 1. The van der Waals surface area contributed by atoms with Gasteiger partial charge in [0.05, 0.1) is 11.2 Å². The highest BCUT2D eigenvalue weighted by Crippen LogP contribution is 2.34. The van der Waals surface area contributed by atoms with Crippen LogP contribution in [-0.2, 0) is 6.18 Å². The molecule has 2 N–H and O–H groups in total. The van der Waals surface area contributed by atoms with Gasteiger partial charge in [0.15, 0.2) is 0 Å². The van der Waals surface area contributed by atoms with E-state index in [0.717, 1.165) is 25.3 Å². The molecule has 0 spiro atoms. The number of aromatic nitrogens is 1. The molecule has 1 aliphatic carbocycles. The summed E-state index contributed by atoms with van der Waals surface area (Å²) in [6, 6.07) is 2.24. The first-order valence-corrected chi connectivity index (χ1v) is 6.39. The van der Waals surface area contributed by atoms with Crippen molar-refractivity contribution in [2.45, 2.75) is 43.9 Å². The molecule has 1 fully saturated rings. The van der Waals surface area contributed by atoms with Crippen LogP contribution < -0.4 is 5.32 Å². The molecule has 3 nitrogen and oxygen atoms in total. The fourth-order valence-corrected chi connectivity index (χ4v) is 2.41. The lowest BCUT2D eigenvalue weighted by molar-refractivity contribution is -0.137. The topological polar surface area (TPSA) is 45.1 Å². The highest BCUT2D eigenvalue weighted by molar-refractivity contribution is 5.45. The number of nitrogens with zero attached hydrogens (tertiary/aromatic N) is 1. The van der Waals surface area contributed by atoms with Crippen LogP contribution in [0.5, 0.6) is 0 Å². The molecule has 0 unspecified atom stereocenters. The first kappa shape index (κ1) is 14.1. The van der Waals surface area contributed by atoms with Crippen LogP contribution in [0, 0.1) is 0 Å². The van der Waals surface area contributed by atoms with Crippen molar-refractivity contribution in [3.05, 3.63) is 23.9 Å². The van der Waals surface area contributed by atoms with Gasteiger partial charge in [0.1, 0.15) is 5.82 Å². The highest BCUT2D eigenvalue weighted by atomic mass is 19.4. The lowest BCUT2D eigenvalue weighted by Gasteiger charge is -2.32. The van der Waals surface area contributed by atoms with Gasteiger partial charge in [-0.2, -0.15) is 13.2 Å². The molecule has 1 aliphatic rings. The maximum atomic E-state index is 12.8. The Labute approximate surface area is 109 Å². The number of pyridine rings is 1. The number of rotatable bonds is 3. The zero-order valence-corrected chi connectivity index (χ0v) is 10.5. The average Bonchev–Trinajstić information content (AvgIpc) is 2.37. The van der Waals surface area contributed by atoms with Crippen molar-refractivity contribution in [3.63, 3.8) is 0 Å². The predicted molar refractivity (Wildman–Crippen MR) is 65.8 cm³/mol. The molecule has 0 amide bonds. The summed E-state index contributed by atoms with van der Waals surface area (Å²) >= 11 is 0. The second kappa shape index (κ2) is 5.36. The van der Waals surface area contributed by atoms with E-state index in [-0.39, 0.29) is 12.4 Å². The van der Waals surface area contributed by atoms with E-state index < -0.39 is 17.3 Å². The summed E-state index contributed by atoms with van der Waals surface area (Å²) in [4.78, 5) is 3.72. The summed E-state index contributed by atoms with van der Waals surface area (Å²) in [5.41, 5.74) is -1.71. The normalized spacial score (nSPS) is 19.2. The molecule has 1 aromatic rings. The van der Waals surface area contributed by atoms with Gasteiger partial charge >= 0.3 is 6.18 Å². The van der Waals surface area contributed by atoms with Crippen LogP contribution in [-0.4, -0.2) is 22.2 Å². The monoisotopic (exact) mass is 274 g/mol. The number of aliphatic hydroxyl groups is 1. The van der Waals surface area contributed by atoms with Gasteiger partial charge in [-0.1, -0.05) is 19.3 Å². The summed E-state index contributed by atoms with van der Waals surface area (Å²) < 4.78 is 38.3. The van der Waals surface area contributed by atoms with Crippen molar-refractivity contribution in [1.82, 2.24) is 4.98 Å². The van der Waals surface area contributed by atoms with E-state index in [0.29, 0.717) is 12.8 Å². The first-order valence-electron chi connectivity index (χ1n) is 6.39. The van der Waals surface area contributed by atoms with E-state index in [1.54, 1.807) is 0 Å². The smallest absolute Gasteiger partial charge is 0.388 e. The van der Waals surface area contributed by atoms with Crippen LogP contribution in [0.2, 0.25) is 0 Å². The van der Waals surface area contributed by atoms with Gasteiger partial charge in [0.2, 0.25) is 0 Å². The Kier molecular flexibility index (Phi) is 3.99. The van der Waals surface area contributed by atoms with E-state index in [1.807, 2.05) is 0 Å². The minimum absolute atomic E-state index is 0.104. The Morgan fingerprint density at radius 3 is 2.58 bits per heavy atom. The lowest BCUT2D eigenvalue weighted by atomic mass is 9.85. The molecular weight excluding hydrogens is 257 g/mol. The quantitative estimate of drug-likeness (QED) is 0.889. The molecule has 1 heterocycles. The van der Waals surface area contributed by atoms with Crippen molar-refractivity contribution in [3.8, 4) is 0 Å². The molecule has 2 rings (SSSR count). The summed E-state index contributed by atoms with van der Waals surface area (Å²) in [7, 11) is 0. The van der Waals surface area contributed by atoms with Crippen LogP contribution in [0.4, 0.5) is 19.0 Å². The van der Waals surface area contributed by atoms with Gasteiger partial charge in [0.25, 0.3) is 0 Å². The zero-order valence-electron chi connectivity index (χ0n) is 10.5. The molecule has 106 valence electrons. The summed E-state index contributed by atoms with van der Waals surface area (Å²) in [6.07, 6.45) is 0.995. The van der Waals surface area contributed by atoms with E-state index in [9.17, 15) is 18.3 Å². The molecule has 0 radical (unpaired) electrons. The number of hydrogen-bond acceptors (Lipinski definition) is 3. The first-order chi connectivity index (χ1) is 8.91. The van der Waals surface area contributed by atoms with E-state index in [2.05, 4.69) is 10.3 Å². The van der Waals surface area contributed by atoms with Crippen molar-refractivity contribution in [1.29, 1.82) is 0 Å². The van der Waals surface area contributed by atoms with E-state index >= 15 is 0 Å². The Balaban J connectivity index is 2.07. The molecule has 0 aromatic carbocycles. The third kappa shape index (κ3) is 3.59. The zero-order chi connectivity index (χ0) is 13.9. The predicted octanol–water partition coefficient (Wildman–Crippen LogP) is 3.21. The fourth-order valence-electron chi connectivity index (χ4n) is 2.41. The number of hydrogen-bond donors (Lipinski definition) is 2. The number of anilines is 1. The maximum Gasteiger partial charge on any atom is 0.419 e. The minimum Gasteiger partial charge on any atom is -0.388 e. The molecule has 6 heteroatoms. The summed E-state index contributed by atoms with van der Waals surface area (Å²) in [5, 5.41) is 12.9. The average molecular weight is 274 g/mol. The summed E-state index contributed by atoms with van der Waals surface area (Å²) in [6.45, 7) is 0.104. The molecule has 19 heavy (non-hydrogen) atoms. The molecule has 1 aromatic heterocycles. The second-order valence-corrected chi connectivity index (χ2v) is 5.04.